The Bertz CT molecular complexity index is 278. The fourth-order valence-electron chi connectivity index (χ4n) is 0.676. The number of hydrogen-bond donors (Lipinski definition) is 1. The van der Waals surface area contributed by atoms with E-state index in [1.807, 2.05) is 5.32 Å². The molecule has 0 aromatic carbocycles. The summed E-state index contributed by atoms with van der Waals surface area (Å²) in [6.45, 7) is -0.0307. The molecule has 0 aliphatic carbocycles. The average molecular weight is 187 g/mol. The lowest BCUT2D eigenvalue weighted by atomic mass is 10.4. The zero-order valence-electron chi connectivity index (χ0n) is 6.58. The van der Waals surface area contributed by atoms with Crippen molar-refractivity contribution in [3.63, 3.8) is 0 Å². The summed E-state index contributed by atoms with van der Waals surface area (Å²) in [4.78, 5) is 17.9. The highest BCUT2D eigenvalue weighted by molar-refractivity contribution is 5.78. The van der Waals surface area contributed by atoms with Crippen molar-refractivity contribution < 1.29 is 13.6 Å². The molecule has 0 saturated heterocycles. The van der Waals surface area contributed by atoms with Gasteiger partial charge in [-0.3, -0.25) is 14.8 Å². The summed E-state index contributed by atoms with van der Waals surface area (Å²) in [7, 11) is 0. The number of aromatic nitrogens is 2. The lowest BCUT2D eigenvalue weighted by Crippen LogP contribution is -2.29. The van der Waals surface area contributed by atoms with E-state index in [-0.39, 0.29) is 6.54 Å². The number of alkyl halides is 2. The van der Waals surface area contributed by atoms with Gasteiger partial charge < -0.3 is 5.32 Å². The van der Waals surface area contributed by atoms with Crippen LogP contribution < -0.4 is 5.32 Å². The van der Waals surface area contributed by atoms with Gasteiger partial charge in [-0.05, 0) is 0 Å². The third-order valence-electron chi connectivity index (χ3n) is 1.26. The lowest BCUT2D eigenvalue weighted by Gasteiger charge is -2.02. The Morgan fingerprint density at radius 2 is 2.31 bits per heavy atom. The maximum Gasteiger partial charge on any atom is 0.315 e. The summed E-state index contributed by atoms with van der Waals surface area (Å²) in [6, 6.07) is 0. The molecule has 6 heteroatoms. The van der Waals surface area contributed by atoms with Crippen molar-refractivity contribution in [2.24, 2.45) is 0 Å². The minimum absolute atomic E-state index is 0.0307. The monoisotopic (exact) mass is 187 g/mol. The molecule has 13 heavy (non-hydrogen) atoms. The number of rotatable bonds is 3. The number of halogens is 2. The van der Waals surface area contributed by atoms with Crippen molar-refractivity contribution in [1.29, 1.82) is 0 Å². The van der Waals surface area contributed by atoms with Crippen molar-refractivity contribution >= 4 is 5.91 Å². The molecule has 70 valence electrons. The van der Waals surface area contributed by atoms with Gasteiger partial charge in [0.1, 0.15) is 0 Å². The molecule has 4 nitrogen and oxygen atoms in total. The normalized spacial score (nSPS) is 10.1. The molecule has 1 rings (SSSR count). The maximum atomic E-state index is 11.7. The van der Waals surface area contributed by atoms with E-state index >= 15 is 0 Å². The topological polar surface area (TPSA) is 54.9 Å². The van der Waals surface area contributed by atoms with E-state index in [0.717, 1.165) is 0 Å². The zero-order valence-corrected chi connectivity index (χ0v) is 6.58. The fourth-order valence-corrected chi connectivity index (χ4v) is 0.676. The van der Waals surface area contributed by atoms with Gasteiger partial charge >= 0.3 is 6.43 Å². The van der Waals surface area contributed by atoms with Crippen molar-refractivity contribution in [2.75, 3.05) is 0 Å². The number of carbonyl (C=O) groups is 1. The van der Waals surface area contributed by atoms with Crippen molar-refractivity contribution in [2.45, 2.75) is 13.0 Å². The van der Waals surface area contributed by atoms with E-state index in [2.05, 4.69) is 9.97 Å². The van der Waals surface area contributed by atoms with Crippen LogP contribution in [0.2, 0.25) is 0 Å². The highest BCUT2D eigenvalue weighted by atomic mass is 19.3. The van der Waals surface area contributed by atoms with Crippen LogP contribution in [0, 0.1) is 0 Å². The molecule has 0 aliphatic heterocycles. The van der Waals surface area contributed by atoms with Gasteiger partial charge in [-0.15, -0.1) is 0 Å². The Morgan fingerprint density at radius 1 is 1.54 bits per heavy atom. The Hall–Kier alpha value is -1.59. The first-order chi connectivity index (χ1) is 6.20. The summed E-state index contributed by atoms with van der Waals surface area (Å²) in [5.74, 6) is -1.30. The maximum absolute atomic E-state index is 11.7. The van der Waals surface area contributed by atoms with E-state index in [1.54, 1.807) is 0 Å². The molecule has 0 atom stereocenters. The van der Waals surface area contributed by atoms with Crippen LogP contribution in [0.5, 0.6) is 0 Å². The number of amides is 1. The molecular weight excluding hydrogens is 180 g/mol. The highest BCUT2D eigenvalue weighted by Gasteiger charge is 2.13. The van der Waals surface area contributed by atoms with E-state index < -0.39 is 12.3 Å². The molecule has 1 amide bonds. The predicted octanol–water partition coefficient (Wildman–Crippen LogP) is 0.358. The third-order valence-corrected chi connectivity index (χ3v) is 1.26. The molecule has 0 radical (unpaired) electrons. The van der Waals surface area contributed by atoms with Gasteiger partial charge in [-0.1, -0.05) is 0 Å². The van der Waals surface area contributed by atoms with E-state index in [1.165, 1.54) is 18.6 Å². The van der Waals surface area contributed by atoms with Crippen LogP contribution in [0.25, 0.3) is 0 Å². The van der Waals surface area contributed by atoms with E-state index in [4.69, 9.17) is 0 Å². The fraction of sp³-hybridized carbons (Fsp3) is 0.286. The van der Waals surface area contributed by atoms with Gasteiger partial charge in [0.15, 0.2) is 0 Å². The van der Waals surface area contributed by atoms with Crippen LogP contribution in [0.1, 0.15) is 5.69 Å². The Balaban J connectivity index is 2.40. The quantitative estimate of drug-likeness (QED) is 0.743. The lowest BCUT2D eigenvalue weighted by molar-refractivity contribution is -0.131. The summed E-state index contributed by atoms with van der Waals surface area (Å²) in [5, 5.41) is 2.01. The first-order valence-corrected chi connectivity index (χ1v) is 3.51. The molecule has 0 spiro atoms. The van der Waals surface area contributed by atoms with Crippen molar-refractivity contribution in [3.05, 3.63) is 24.3 Å². The average Bonchev–Trinajstić information content (AvgIpc) is 2.15. The minimum Gasteiger partial charge on any atom is -0.345 e. The number of nitrogens with zero attached hydrogens (tertiary/aromatic N) is 2. The van der Waals surface area contributed by atoms with Crippen LogP contribution in [0.4, 0.5) is 8.78 Å². The van der Waals surface area contributed by atoms with Crippen molar-refractivity contribution in [1.82, 2.24) is 15.3 Å². The summed E-state index contributed by atoms with van der Waals surface area (Å²) >= 11 is 0. The predicted molar refractivity (Wildman–Crippen MR) is 39.9 cm³/mol. The van der Waals surface area contributed by atoms with Gasteiger partial charge in [0.25, 0.3) is 5.91 Å². The van der Waals surface area contributed by atoms with Crippen LogP contribution in [-0.4, -0.2) is 22.3 Å². The van der Waals surface area contributed by atoms with E-state index in [9.17, 15) is 13.6 Å². The Morgan fingerprint density at radius 3 is 2.85 bits per heavy atom. The molecule has 0 fully saturated rings. The molecule has 1 aromatic rings. The van der Waals surface area contributed by atoms with Gasteiger partial charge in [-0.2, -0.15) is 8.78 Å². The zero-order chi connectivity index (χ0) is 9.68. The van der Waals surface area contributed by atoms with Gasteiger partial charge in [0, 0.05) is 12.4 Å². The molecule has 1 aromatic heterocycles. The summed E-state index contributed by atoms with van der Waals surface area (Å²) < 4.78 is 23.4. The molecule has 0 saturated carbocycles. The van der Waals surface area contributed by atoms with Crippen LogP contribution in [-0.2, 0) is 11.3 Å². The minimum atomic E-state index is -2.99. The third kappa shape index (κ3) is 3.10. The molecular formula is C7H7F2N3O. The summed E-state index contributed by atoms with van der Waals surface area (Å²) in [5.41, 5.74) is 0.441. The molecule has 0 bridgehead atoms. The second-order valence-electron chi connectivity index (χ2n) is 2.22. The van der Waals surface area contributed by atoms with E-state index in [0.29, 0.717) is 5.69 Å². The van der Waals surface area contributed by atoms with Gasteiger partial charge in [0.2, 0.25) is 0 Å². The molecule has 1 heterocycles. The van der Waals surface area contributed by atoms with Gasteiger partial charge in [-0.25, -0.2) is 0 Å². The van der Waals surface area contributed by atoms with Crippen LogP contribution >= 0.6 is 0 Å². The second kappa shape index (κ2) is 4.44. The number of nitrogens with one attached hydrogen (secondary N) is 1. The molecule has 0 unspecified atom stereocenters. The van der Waals surface area contributed by atoms with Gasteiger partial charge in [0.05, 0.1) is 18.4 Å². The van der Waals surface area contributed by atoms with Crippen LogP contribution in [0.3, 0.4) is 0 Å². The smallest absolute Gasteiger partial charge is 0.315 e. The van der Waals surface area contributed by atoms with Crippen molar-refractivity contribution in [3.8, 4) is 0 Å². The first kappa shape index (κ1) is 9.50. The number of hydrogen-bond acceptors (Lipinski definition) is 3. The number of carbonyl (C=O) groups excluding carboxylic acids is 1. The Kier molecular flexibility index (Phi) is 3.24. The highest BCUT2D eigenvalue weighted by Crippen LogP contribution is 1.93. The SMILES string of the molecule is O=C(NCc1cnccn1)C(F)F. The van der Waals surface area contributed by atoms with Crippen LogP contribution in [0.15, 0.2) is 18.6 Å². The second-order valence-corrected chi connectivity index (χ2v) is 2.22. The Labute approximate surface area is 73.0 Å². The first-order valence-electron chi connectivity index (χ1n) is 3.51. The summed E-state index contributed by atoms with van der Waals surface area (Å²) in [6.07, 6.45) is 1.28. The standard InChI is InChI=1S/C7H7F2N3O/c8-6(9)7(13)12-4-5-3-10-1-2-11-5/h1-3,6H,4H2,(H,12,13). The molecule has 0 aliphatic rings. The largest absolute Gasteiger partial charge is 0.345 e. The molecule has 1 N–H and O–H groups in total.